The van der Waals surface area contributed by atoms with Gasteiger partial charge in [-0.25, -0.2) is 5.84 Å². The van der Waals surface area contributed by atoms with Crippen LogP contribution in [0.15, 0.2) is 12.1 Å². The molecule has 0 saturated carbocycles. The maximum Gasteiger partial charge on any atom is 0.270 e. The van der Waals surface area contributed by atoms with E-state index in [0.29, 0.717) is 5.88 Å². The van der Waals surface area contributed by atoms with Crippen molar-refractivity contribution in [2.24, 2.45) is 5.84 Å². The number of aromatic nitrogens is 1. The molecule has 0 aliphatic carbocycles. The molecule has 0 aromatic carbocycles. The number of nitrogens with one attached hydrogen (secondary N) is 1. The number of hydrogen-bond acceptors (Lipinski definition) is 5. The number of nitrogens with two attached hydrogens (primary N) is 1. The zero-order valence-electron chi connectivity index (χ0n) is 7.90. The number of carbonyl (C=O) groups excluding carboxylic acids is 1. The van der Waals surface area contributed by atoms with Crippen molar-refractivity contribution in [3.8, 4) is 11.8 Å². The fourth-order valence-corrected chi connectivity index (χ4v) is 0.943. The van der Waals surface area contributed by atoms with Gasteiger partial charge < -0.3 is 9.47 Å². The Kier molecular flexibility index (Phi) is 3.24. The van der Waals surface area contributed by atoms with E-state index in [1.165, 1.54) is 20.3 Å². The molecule has 0 saturated heterocycles. The lowest BCUT2D eigenvalue weighted by molar-refractivity contribution is 0.0949. The molecule has 1 amide bonds. The zero-order chi connectivity index (χ0) is 10.6. The number of nitrogen functional groups attached to an aromatic ring is 1. The number of pyridine rings is 1. The van der Waals surface area contributed by atoms with Crippen LogP contribution in [0.4, 0.5) is 0 Å². The van der Waals surface area contributed by atoms with Crippen LogP contribution < -0.4 is 20.7 Å². The minimum Gasteiger partial charge on any atom is -0.481 e. The van der Waals surface area contributed by atoms with Crippen LogP contribution in [-0.2, 0) is 0 Å². The first-order chi connectivity index (χ1) is 6.72. The van der Waals surface area contributed by atoms with Gasteiger partial charge in [-0.2, -0.15) is 4.98 Å². The molecular weight excluding hydrogens is 186 g/mol. The molecule has 1 heterocycles. The van der Waals surface area contributed by atoms with Crippen LogP contribution in [0.3, 0.4) is 0 Å². The van der Waals surface area contributed by atoms with E-state index in [1.807, 2.05) is 5.43 Å². The first-order valence-corrected chi connectivity index (χ1v) is 3.83. The van der Waals surface area contributed by atoms with Crippen LogP contribution >= 0.6 is 0 Å². The van der Waals surface area contributed by atoms with E-state index in [0.717, 1.165) is 0 Å². The maximum atomic E-state index is 11.2. The third-order valence-electron chi connectivity index (χ3n) is 1.61. The first kappa shape index (κ1) is 10.3. The molecule has 6 heteroatoms. The van der Waals surface area contributed by atoms with Crippen molar-refractivity contribution in [3.05, 3.63) is 17.7 Å². The molecule has 1 rings (SSSR count). The van der Waals surface area contributed by atoms with Gasteiger partial charge in [0.1, 0.15) is 5.56 Å². The van der Waals surface area contributed by atoms with Crippen LogP contribution in [0, 0.1) is 0 Å². The standard InChI is InChI=1S/C8H11N3O3/c1-13-6-4-3-5(7(12)11-9)8(10-6)14-2/h3-4H,9H2,1-2H3,(H,11,12). The minimum absolute atomic E-state index is 0.173. The third kappa shape index (κ3) is 1.91. The summed E-state index contributed by atoms with van der Waals surface area (Å²) < 4.78 is 9.77. The quantitative estimate of drug-likeness (QED) is 0.395. The summed E-state index contributed by atoms with van der Waals surface area (Å²) in [4.78, 5) is 15.1. The maximum absolute atomic E-state index is 11.2. The number of rotatable bonds is 3. The van der Waals surface area contributed by atoms with Crippen molar-refractivity contribution < 1.29 is 14.3 Å². The SMILES string of the molecule is COc1ccc(C(=O)NN)c(OC)n1. The molecular formula is C8H11N3O3. The van der Waals surface area contributed by atoms with Crippen molar-refractivity contribution in [1.82, 2.24) is 10.4 Å². The molecule has 0 aliphatic rings. The normalized spacial score (nSPS) is 9.36. The Morgan fingerprint density at radius 3 is 2.64 bits per heavy atom. The third-order valence-corrected chi connectivity index (χ3v) is 1.61. The predicted molar refractivity (Wildman–Crippen MR) is 49.0 cm³/mol. The predicted octanol–water partition coefficient (Wildman–Crippen LogP) is -0.298. The highest BCUT2D eigenvalue weighted by atomic mass is 16.5. The number of ether oxygens (including phenoxy) is 2. The van der Waals surface area contributed by atoms with Gasteiger partial charge in [0.25, 0.3) is 5.91 Å². The molecule has 6 nitrogen and oxygen atoms in total. The van der Waals surface area contributed by atoms with Gasteiger partial charge in [-0.15, -0.1) is 0 Å². The van der Waals surface area contributed by atoms with Gasteiger partial charge >= 0.3 is 0 Å². The lowest BCUT2D eigenvalue weighted by Crippen LogP contribution is -2.30. The van der Waals surface area contributed by atoms with Gasteiger partial charge in [0, 0.05) is 6.07 Å². The van der Waals surface area contributed by atoms with Gasteiger partial charge in [-0.05, 0) is 6.07 Å². The average Bonchev–Trinajstić information content (AvgIpc) is 2.27. The highest BCUT2D eigenvalue weighted by Crippen LogP contribution is 2.18. The van der Waals surface area contributed by atoms with E-state index < -0.39 is 5.91 Å². The van der Waals surface area contributed by atoms with E-state index in [4.69, 9.17) is 15.3 Å². The van der Waals surface area contributed by atoms with E-state index in [1.54, 1.807) is 6.07 Å². The Bertz CT molecular complexity index is 341. The van der Waals surface area contributed by atoms with Gasteiger partial charge in [0.15, 0.2) is 0 Å². The highest BCUT2D eigenvalue weighted by Gasteiger charge is 2.12. The van der Waals surface area contributed by atoms with E-state index in [9.17, 15) is 4.79 Å². The average molecular weight is 197 g/mol. The number of hydrazine groups is 1. The van der Waals surface area contributed by atoms with Crippen LogP contribution in [-0.4, -0.2) is 25.1 Å². The van der Waals surface area contributed by atoms with E-state index >= 15 is 0 Å². The summed E-state index contributed by atoms with van der Waals surface area (Å²) in [5.41, 5.74) is 2.25. The summed E-state index contributed by atoms with van der Waals surface area (Å²) >= 11 is 0. The Balaban J connectivity index is 3.11. The Morgan fingerprint density at radius 2 is 2.14 bits per heavy atom. The molecule has 0 unspecified atom stereocenters. The highest BCUT2D eigenvalue weighted by molar-refractivity contribution is 5.96. The topological polar surface area (TPSA) is 86.5 Å². The molecule has 0 atom stereocenters. The summed E-state index contributed by atoms with van der Waals surface area (Å²) in [5, 5.41) is 0. The monoisotopic (exact) mass is 197 g/mol. The van der Waals surface area contributed by atoms with Crippen LogP contribution in [0.1, 0.15) is 10.4 Å². The summed E-state index contributed by atoms with van der Waals surface area (Å²) in [6, 6.07) is 3.07. The molecule has 0 fully saturated rings. The molecule has 1 aromatic rings. The van der Waals surface area contributed by atoms with E-state index in [2.05, 4.69) is 4.98 Å². The van der Waals surface area contributed by atoms with Crippen molar-refractivity contribution >= 4 is 5.91 Å². The van der Waals surface area contributed by atoms with Crippen LogP contribution in [0.25, 0.3) is 0 Å². The molecule has 1 aromatic heterocycles. The first-order valence-electron chi connectivity index (χ1n) is 3.83. The zero-order valence-corrected chi connectivity index (χ0v) is 7.90. The fraction of sp³-hybridized carbons (Fsp3) is 0.250. The molecule has 0 bridgehead atoms. The van der Waals surface area contributed by atoms with Crippen molar-refractivity contribution in [2.45, 2.75) is 0 Å². The van der Waals surface area contributed by atoms with Gasteiger partial charge in [0.05, 0.1) is 14.2 Å². The Labute approximate surface area is 81.0 Å². The molecule has 14 heavy (non-hydrogen) atoms. The summed E-state index contributed by atoms with van der Waals surface area (Å²) in [7, 11) is 2.89. The fourth-order valence-electron chi connectivity index (χ4n) is 0.943. The number of nitrogens with zero attached hydrogens (tertiary/aromatic N) is 1. The Hall–Kier alpha value is -1.82. The summed E-state index contributed by atoms with van der Waals surface area (Å²) in [5.74, 6) is 5.07. The van der Waals surface area contributed by atoms with Gasteiger partial charge in [0.2, 0.25) is 11.8 Å². The molecule has 76 valence electrons. The molecule has 0 radical (unpaired) electrons. The number of methoxy groups -OCH3 is 2. The van der Waals surface area contributed by atoms with Crippen LogP contribution in [0.5, 0.6) is 11.8 Å². The van der Waals surface area contributed by atoms with Crippen molar-refractivity contribution in [3.63, 3.8) is 0 Å². The van der Waals surface area contributed by atoms with Crippen molar-refractivity contribution in [1.29, 1.82) is 0 Å². The second-order valence-corrected chi connectivity index (χ2v) is 2.38. The second kappa shape index (κ2) is 4.43. The molecule has 0 aliphatic heterocycles. The number of carbonyl (C=O) groups is 1. The van der Waals surface area contributed by atoms with Crippen LogP contribution in [0.2, 0.25) is 0 Å². The number of amides is 1. The van der Waals surface area contributed by atoms with Crippen molar-refractivity contribution in [2.75, 3.05) is 14.2 Å². The summed E-state index contributed by atoms with van der Waals surface area (Å²) in [6.07, 6.45) is 0. The van der Waals surface area contributed by atoms with E-state index in [-0.39, 0.29) is 11.4 Å². The largest absolute Gasteiger partial charge is 0.481 e. The smallest absolute Gasteiger partial charge is 0.270 e. The Morgan fingerprint density at radius 1 is 1.43 bits per heavy atom. The lowest BCUT2D eigenvalue weighted by atomic mass is 10.2. The van der Waals surface area contributed by atoms with Gasteiger partial charge in [-0.3, -0.25) is 10.2 Å². The second-order valence-electron chi connectivity index (χ2n) is 2.38. The minimum atomic E-state index is -0.461. The lowest BCUT2D eigenvalue weighted by Gasteiger charge is -2.07. The number of hydrogen-bond donors (Lipinski definition) is 2. The molecule has 0 spiro atoms. The molecule has 3 N–H and O–H groups in total. The summed E-state index contributed by atoms with van der Waals surface area (Å²) in [6.45, 7) is 0. The van der Waals surface area contributed by atoms with Gasteiger partial charge in [-0.1, -0.05) is 0 Å².